The fourth-order valence-electron chi connectivity index (χ4n) is 4.76. The van der Waals surface area contributed by atoms with Gasteiger partial charge in [-0.25, -0.2) is 4.79 Å². The van der Waals surface area contributed by atoms with E-state index >= 15 is 0 Å². The Hall–Kier alpha value is -3.57. The highest BCUT2D eigenvalue weighted by atomic mass is 16.6. The van der Waals surface area contributed by atoms with Gasteiger partial charge in [-0.1, -0.05) is 42.5 Å². The lowest BCUT2D eigenvalue weighted by Crippen LogP contribution is -2.23. The fraction of sp³-hybridized carbons (Fsp3) is 0.323. The van der Waals surface area contributed by atoms with Crippen molar-refractivity contribution in [3.8, 4) is 11.4 Å². The Morgan fingerprint density at radius 2 is 1.67 bits per heavy atom. The first kappa shape index (κ1) is 24.1. The first-order valence-corrected chi connectivity index (χ1v) is 12.6. The molecule has 0 radical (unpaired) electrons. The molecule has 0 unspecified atom stereocenters. The highest BCUT2D eigenvalue weighted by molar-refractivity contribution is 5.91. The number of nitrogens with zero attached hydrogens (tertiary/aromatic N) is 1. The quantitative estimate of drug-likeness (QED) is 0.276. The van der Waals surface area contributed by atoms with Crippen LogP contribution in [-0.2, 0) is 16.1 Å². The first-order chi connectivity index (χ1) is 17.4. The van der Waals surface area contributed by atoms with Crippen LogP contribution in [0.3, 0.4) is 0 Å². The Morgan fingerprint density at radius 3 is 2.36 bits per heavy atom. The summed E-state index contributed by atoms with van der Waals surface area (Å²) in [7, 11) is 0. The molecule has 1 fully saturated rings. The van der Waals surface area contributed by atoms with Crippen molar-refractivity contribution < 1.29 is 19.0 Å². The van der Waals surface area contributed by atoms with Crippen LogP contribution in [-0.4, -0.2) is 29.4 Å². The Kier molecular flexibility index (Phi) is 6.84. The number of aromatic nitrogens is 1. The van der Waals surface area contributed by atoms with E-state index in [1.807, 2.05) is 75.4 Å². The fourth-order valence-corrected chi connectivity index (χ4v) is 4.76. The number of fused-ring (bicyclic) bond motifs is 1. The van der Waals surface area contributed by atoms with Gasteiger partial charge in [0.05, 0.1) is 11.1 Å². The van der Waals surface area contributed by atoms with Crippen molar-refractivity contribution in [2.75, 3.05) is 13.2 Å². The van der Waals surface area contributed by atoms with E-state index in [1.54, 1.807) is 0 Å². The van der Waals surface area contributed by atoms with E-state index in [9.17, 15) is 4.79 Å². The average molecular weight is 484 g/mol. The third-order valence-corrected chi connectivity index (χ3v) is 6.45. The summed E-state index contributed by atoms with van der Waals surface area (Å²) in [5, 5.41) is 1.14. The highest BCUT2D eigenvalue weighted by Gasteiger charge is 2.24. The molecule has 1 aromatic heterocycles. The van der Waals surface area contributed by atoms with Crippen LogP contribution in [0.1, 0.15) is 61.1 Å². The van der Waals surface area contributed by atoms with Crippen molar-refractivity contribution in [2.45, 2.75) is 51.7 Å². The Bertz CT molecular complexity index is 1330. The zero-order chi connectivity index (χ0) is 25.1. The molecule has 1 aliphatic rings. The van der Waals surface area contributed by atoms with Gasteiger partial charge in [-0.05, 0) is 75.6 Å². The minimum atomic E-state index is -0.534. The topological polar surface area (TPSA) is 49.7 Å². The van der Waals surface area contributed by atoms with E-state index in [2.05, 4.69) is 28.8 Å². The number of benzene rings is 3. The first-order valence-electron chi connectivity index (χ1n) is 12.6. The summed E-state index contributed by atoms with van der Waals surface area (Å²) < 4.78 is 19.9. The third-order valence-electron chi connectivity index (χ3n) is 6.45. The lowest BCUT2D eigenvalue weighted by atomic mass is 9.96. The van der Waals surface area contributed by atoms with Gasteiger partial charge in [0.15, 0.2) is 0 Å². The molecule has 5 nitrogen and oxygen atoms in total. The van der Waals surface area contributed by atoms with Gasteiger partial charge in [-0.15, -0.1) is 0 Å². The third kappa shape index (κ3) is 5.31. The number of hydrogen-bond donors (Lipinski definition) is 0. The Labute approximate surface area is 212 Å². The van der Waals surface area contributed by atoms with E-state index < -0.39 is 5.60 Å². The van der Waals surface area contributed by atoms with Crippen LogP contribution in [0, 0.1) is 0 Å². The second-order valence-corrected chi connectivity index (χ2v) is 10.3. The summed E-state index contributed by atoms with van der Waals surface area (Å²) in [5.41, 5.74) is 4.41. The molecule has 0 aliphatic carbocycles. The summed E-state index contributed by atoms with van der Waals surface area (Å²) in [6.07, 6.45) is 1.96. The lowest BCUT2D eigenvalue weighted by molar-refractivity contribution is 0.00695. The second-order valence-electron chi connectivity index (χ2n) is 10.3. The van der Waals surface area contributed by atoms with Gasteiger partial charge in [-0.3, -0.25) is 0 Å². The molecular weight excluding hydrogens is 450 g/mol. The zero-order valence-electron chi connectivity index (χ0n) is 21.2. The van der Waals surface area contributed by atoms with Crippen molar-refractivity contribution in [3.05, 3.63) is 95.7 Å². The summed E-state index contributed by atoms with van der Waals surface area (Å²) >= 11 is 0. The highest BCUT2D eigenvalue weighted by Crippen LogP contribution is 2.38. The predicted octanol–water partition coefficient (Wildman–Crippen LogP) is 7.06. The van der Waals surface area contributed by atoms with Crippen molar-refractivity contribution in [3.63, 3.8) is 0 Å². The number of rotatable bonds is 6. The van der Waals surface area contributed by atoms with E-state index in [1.165, 1.54) is 5.69 Å². The number of carbonyl (C=O) groups excluding carboxylic acids is 1. The van der Waals surface area contributed by atoms with Crippen LogP contribution in [0.4, 0.5) is 0 Å². The summed E-state index contributed by atoms with van der Waals surface area (Å²) in [4.78, 5) is 12.6. The molecular formula is C31H33NO4. The molecule has 36 heavy (non-hydrogen) atoms. The Balaban J connectivity index is 1.56. The number of para-hydroxylation sites is 1. The van der Waals surface area contributed by atoms with Gasteiger partial charge in [0, 0.05) is 35.9 Å². The Morgan fingerprint density at radius 1 is 0.944 bits per heavy atom. The van der Waals surface area contributed by atoms with Gasteiger partial charge in [0.1, 0.15) is 18.0 Å². The monoisotopic (exact) mass is 483 g/mol. The second kappa shape index (κ2) is 10.2. The van der Waals surface area contributed by atoms with Gasteiger partial charge < -0.3 is 18.8 Å². The number of esters is 1. The van der Waals surface area contributed by atoms with Crippen molar-refractivity contribution in [2.24, 2.45) is 0 Å². The maximum absolute atomic E-state index is 12.6. The number of ether oxygens (including phenoxy) is 3. The summed E-state index contributed by atoms with van der Waals surface area (Å²) in [5.74, 6) is 0.910. The van der Waals surface area contributed by atoms with Gasteiger partial charge in [0.25, 0.3) is 0 Å². The van der Waals surface area contributed by atoms with Crippen LogP contribution in [0.5, 0.6) is 5.75 Å². The van der Waals surface area contributed by atoms with E-state index in [-0.39, 0.29) is 5.97 Å². The van der Waals surface area contributed by atoms with Crippen LogP contribution < -0.4 is 4.74 Å². The molecule has 3 aromatic carbocycles. The van der Waals surface area contributed by atoms with Crippen LogP contribution in [0.15, 0.2) is 78.9 Å². The molecule has 2 heterocycles. The smallest absolute Gasteiger partial charge is 0.338 e. The molecule has 0 spiro atoms. The van der Waals surface area contributed by atoms with Crippen molar-refractivity contribution in [1.82, 2.24) is 4.57 Å². The minimum absolute atomic E-state index is 0.317. The predicted molar refractivity (Wildman–Crippen MR) is 142 cm³/mol. The minimum Gasteiger partial charge on any atom is -0.487 e. The molecule has 4 aromatic rings. The van der Waals surface area contributed by atoms with Gasteiger partial charge in [-0.2, -0.15) is 0 Å². The number of hydrogen-bond acceptors (Lipinski definition) is 4. The molecule has 0 N–H and O–H groups in total. The molecule has 1 aliphatic heterocycles. The van der Waals surface area contributed by atoms with Gasteiger partial charge in [0.2, 0.25) is 0 Å². The molecule has 0 amide bonds. The maximum Gasteiger partial charge on any atom is 0.338 e. The van der Waals surface area contributed by atoms with Gasteiger partial charge >= 0.3 is 5.97 Å². The maximum atomic E-state index is 12.6. The molecule has 1 saturated heterocycles. The number of carbonyl (C=O) groups is 1. The lowest BCUT2D eigenvalue weighted by Gasteiger charge is -2.24. The van der Waals surface area contributed by atoms with E-state index in [0.717, 1.165) is 54.0 Å². The molecule has 0 bridgehead atoms. The van der Waals surface area contributed by atoms with Crippen LogP contribution in [0.2, 0.25) is 0 Å². The van der Waals surface area contributed by atoms with E-state index in [0.29, 0.717) is 18.1 Å². The zero-order valence-corrected chi connectivity index (χ0v) is 21.2. The largest absolute Gasteiger partial charge is 0.487 e. The van der Waals surface area contributed by atoms with Crippen molar-refractivity contribution in [1.29, 1.82) is 0 Å². The molecule has 186 valence electrons. The van der Waals surface area contributed by atoms with Crippen LogP contribution >= 0.6 is 0 Å². The SMILES string of the molecule is CC(C)(C)OC(=O)c1ccc(-n2c(C3CCOCC3)cc3cccc(OCc4ccccc4)c32)cc1. The summed E-state index contributed by atoms with van der Waals surface area (Å²) in [6.45, 7) is 7.66. The van der Waals surface area contributed by atoms with Crippen molar-refractivity contribution >= 4 is 16.9 Å². The van der Waals surface area contributed by atoms with E-state index in [4.69, 9.17) is 14.2 Å². The molecule has 0 saturated carbocycles. The molecule has 5 rings (SSSR count). The standard InChI is InChI=1S/C31H33NO4/c1-31(2,3)36-30(33)24-12-14-26(15-13-24)32-27(23-16-18-34-19-17-23)20-25-10-7-11-28(29(25)32)35-21-22-8-5-4-6-9-22/h4-15,20,23H,16-19,21H2,1-3H3. The average Bonchev–Trinajstić information content (AvgIpc) is 3.28. The van der Waals surface area contributed by atoms with Crippen LogP contribution in [0.25, 0.3) is 16.6 Å². The molecule has 5 heteroatoms. The summed E-state index contributed by atoms with van der Waals surface area (Å²) in [6, 6.07) is 26.4. The molecule has 0 atom stereocenters. The normalized spacial score (nSPS) is 14.6.